The Kier molecular flexibility index (Phi) is 4.70. The quantitative estimate of drug-likeness (QED) is 0.814. The van der Waals surface area contributed by atoms with Crippen molar-refractivity contribution in [1.82, 2.24) is 9.80 Å². The molecule has 0 amide bonds. The van der Waals surface area contributed by atoms with Gasteiger partial charge < -0.3 is 10.0 Å². The van der Waals surface area contributed by atoms with Gasteiger partial charge in [-0.05, 0) is 12.2 Å². The normalized spacial score (nSPS) is 31.8. The van der Waals surface area contributed by atoms with Gasteiger partial charge in [-0.15, -0.1) is 0 Å². The van der Waals surface area contributed by atoms with Crippen molar-refractivity contribution < 1.29 is 9.90 Å². The number of hydrogen-bond acceptors (Lipinski definition) is 4. The van der Waals surface area contributed by atoms with Crippen LogP contribution in [0.3, 0.4) is 0 Å². The second-order valence-corrected chi connectivity index (χ2v) is 6.44. The van der Waals surface area contributed by atoms with Crippen molar-refractivity contribution in [3.05, 3.63) is 0 Å². The number of carboxylic acid groups (broad SMARTS) is 1. The lowest BCUT2D eigenvalue weighted by Crippen LogP contribution is -2.51. The molecule has 98 valence electrons. The molecule has 17 heavy (non-hydrogen) atoms. The van der Waals surface area contributed by atoms with Gasteiger partial charge in [0.15, 0.2) is 0 Å². The molecule has 2 saturated heterocycles. The first-order valence-corrected chi connectivity index (χ1v) is 7.51. The molecule has 2 rings (SSSR count). The highest BCUT2D eigenvalue weighted by molar-refractivity contribution is 8.00. The highest BCUT2D eigenvalue weighted by Crippen LogP contribution is 2.30. The zero-order chi connectivity index (χ0) is 12.3. The smallest absolute Gasteiger partial charge is 0.304 e. The minimum Gasteiger partial charge on any atom is -0.481 e. The summed E-state index contributed by atoms with van der Waals surface area (Å²) < 4.78 is 0. The molecule has 0 aliphatic carbocycles. The van der Waals surface area contributed by atoms with Gasteiger partial charge in [0.1, 0.15) is 0 Å². The third-order valence-electron chi connectivity index (χ3n) is 3.85. The Morgan fingerprint density at radius 2 is 2.06 bits per heavy atom. The number of aliphatic carboxylic acids is 1. The molecule has 2 fully saturated rings. The van der Waals surface area contributed by atoms with E-state index in [2.05, 4.69) is 28.5 Å². The van der Waals surface area contributed by atoms with E-state index in [-0.39, 0.29) is 6.42 Å². The van der Waals surface area contributed by atoms with E-state index in [0.717, 1.165) is 37.5 Å². The molecule has 0 aromatic heterocycles. The van der Waals surface area contributed by atoms with E-state index in [1.807, 2.05) is 0 Å². The van der Waals surface area contributed by atoms with Crippen LogP contribution in [-0.2, 0) is 4.79 Å². The molecule has 0 radical (unpaired) electrons. The van der Waals surface area contributed by atoms with Crippen molar-refractivity contribution in [3.63, 3.8) is 0 Å². The molecule has 2 unspecified atom stereocenters. The molecule has 0 bridgehead atoms. The average molecular weight is 258 g/mol. The molecular weight excluding hydrogens is 236 g/mol. The summed E-state index contributed by atoms with van der Waals surface area (Å²) in [6, 6.07) is 0.752. The molecule has 5 heteroatoms. The summed E-state index contributed by atoms with van der Waals surface area (Å²) in [5, 5.41) is 9.43. The summed E-state index contributed by atoms with van der Waals surface area (Å²) in [5.41, 5.74) is 0. The Labute approximate surface area is 107 Å². The molecule has 0 spiro atoms. The topological polar surface area (TPSA) is 43.8 Å². The first-order valence-electron chi connectivity index (χ1n) is 6.46. The minimum atomic E-state index is -0.687. The Bertz CT molecular complexity index is 267. The van der Waals surface area contributed by atoms with Gasteiger partial charge in [-0.1, -0.05) is 6.92 Å². The fourth-order valence-electron chi connectivity index (χ4n) is 2.77. The van der Waals surface area contributed by atoms with Crippen molar-refractivity contribution in [3.8, 4) is 0 Å². The van der Waals surface area contributed by atoms with Crippen molar-refractivity contribution in [2.75, 3.05) is 38.5 Å². The van der Waals surface area contributed by atoms with Crippen LogP contribution in [0.1, 0.15) is 19.8 Å². The van der Waals surface area contributed by atoms with E-state index >= 15 is 0 Å². The zero-order valence-electron chi connectivity index (χ0n) is 10.5. The SMILES string of the molecule is CC1SCCC1N1CCN(CCC(=O)O)CC1. The molecule has 0 aromatic carbocycles. The van der Waals surface area contributed by atoms with Gasteiger partial charge in [0, 0.05) is 44.0 Å². The summed E-state index contributed by atoms with van der Waals surface area (Å²) in [4.78, 5) is 15.4. The first-order chi connectivity index (χ1) is 8.16. The van der Waals surface area contributed by atoms with Crippen LogP contribution in [-0.4, -0.2) is 70.6 Å². The van der Waals surface area contributed by atoms with E-state index in [1.54, 1.807) is 0 Å². The van der Waals surface area contributed by atoms with Gasteiger partial charge in [0.2, 0.25) is 0 Å². The molecule has 2 aliphatic heterocycles. The molecule has 2 aliphatic rings. The molecule has 2 heterocycles. The summed E-state index contributed by atoms with van der Waals surface area (Å²) in [6.45, 7) is 7.31. The Morgan fingerprint density at radius 1 is 1.35 bits per heavy atom. The summed E-state index contributed by atoms with van der Waals surface area (Å²) in [7, 11) is 0. The predicted octanol–water partition coefficient (Wildman–Crippen LogP) is 0.973. The largest absolute Gasteiger partial charge is 0.481 e. The van der Waals surface area contributed by atoms with Gasteiger partial charge in [-0.25, -0.2) is 0 Å². The highest BCUT2D eigenvalue weighted by Gasteiger charge is 2.31. The zero-order valence-corrected chi connectivity index (χ0v) is 11.3. The van der Waals surface area contributed by atoms with Crippen molar-refractivity contribution in [2.24, 2.45) is 0 Å². The Hall–Kier alpha value is -0.260. The van der Waals surface area contributed by atoms with Gasteiger partial charge >= 0.3 is 5.97 Å². The summed E-state index contributed by atoms with van der Waals surface area (Å²) in [5.74, 6) is 0.610. The number of carboxylic acids is 1. The summed E-state index contributed by atoms with van der Waals surface area (Å²) in [6.07, 6.45) is 1.59. The van der Waals surface area contributed by atoms with Crippen molar-refractivity contribution >= 4 is 17.7 Å². The maximum absolute atomic E-state index is 10.5. The number of carbonyl (C=O) groups is 1. The van der Waals surface area contributed by atoms with E-state index in [9.17, 15) is 4.79 Å². The fourth-order valence-corrected chi connectivity index (χ4v) is 4.05. The average Bonchev–Trinajstić information content (AvgIpc) is 2.73. The third-order valence-corrected chi connectivity index (χ3v) is 5.17. The molecule has 1 N–H and O–H groups in total. The van der Waals surface area contributed by atoms with Crippen LogP contribution < -0.4 is 0 Å². The van der Waals surface area contributed by atoms with E-state index in [4.69, 9.17) is 5.11 Å². The van der Waals surface area contributed by atoms with Crippen LogP contribution in [0, 0.1) is 0 Å². The lowest BCUT2D eigenvalue weighted by molar-refractivity contribution is -0.137. The third kappa shape index (κ3) is 3.60. The van der Waals surface area contributed by atoms with Gasteiger partial charge in [0.05, 0.1) is 6.42 Å². The van der Waals surface area contributed by atoms with Gasteiger partial charge in [0.25, 0.3) is 0 Å². The number of rotatable bonds is 4. The molecule has 0 aromatic rings. The maximum Gasteiger partial charge on any atom is 0.304 e. The summed E-state index contributed by atoms with van der Waals surface area (Å²) >= 11 is 2.08. The van der Waals surface area contributed by atoms with Gasteiger partial charge in [-0.3, -0.25) is 9.69 Å². The lowest BCUT2D eigenvalue weighted by Gasteiger charge is -2.39. The number of thioether (sulfide) groups is 1. The fraction of sp³-hybridized carbons (Fsp3) is 0.917. The second-order valence-electron chi connectivity index (χ2n) is 4.95. The van der Waals surface area contributed by atoms with E-state index < -0.39 is 5.97 Å². The maximum atomic E-state index is 10.5. The van der Waals surface area contributed by atoms with E-state index in [1.165, 1.54) is 12.2 Å². The number of piperazine rings is 1. The van der Waals surface area contributed by atoms with Crippen LogP contribution in [0.15, 0.2) is 0 Å². The second kappa shape index (κ2) is 6.07. The lowest BCUT2D eigenvalue weighted by atomic mass is 10.1. The van der Waals surface area contributed by atoms with Crippen LogP contribution in [0.5, 0.6) is 0 Å². The number of hydrogen-bond donors (Lipinski definition) is 1. The molecule has 2 atom stereocenters. The molecular formula is C12H22N2O2S. The standard InChI is InChI=1S/C12H22N2O2S/c1-10-11(3-9-17-10)14-7-5-13(6-8-14)4-2-12(15)16/h10-11H,2-9H2,1H3,(H,15,16). The van der Waals surface area contributed by atoms with Crippen LogP contribution in [0.2, 0.25) is 0 Å². The molecule has 0 saturated carbocycles. The monoisotopic (exact) mass is 258 g/mol. The van der Waals surface area contributed by atoms with Crippen molar-refractivity contribution in [2.45, 2.75) is 31.1 Å². The minimum absolute atomic E-state index is 0.273. The first kappa shape index (κ1) is 13.2. The Balaban J connectivity index is 1.72. The van der Waals surface area contributed by atoms with Crippen LogP contribution in [0.4, 0.5) is 0 Å². The van der Waals surface area contributed by atoms with Crippen molar-refractivity contribution in [1.29, 1.82) is 0 Å². The highest BCUT2D eigenvalue weighted by atomic mass is 32.2. The van der Waals surface area contributed by atoms with Crippen LogP contribution >= 0.6 is 11.8 Å². The van der Waals surface area contributed by atoms with Gasteiger partial charge in [-0.2, -0.15) is 11.8 Å². The Morgan fingerprint density at radius 3 is 2.59 bits per heavy atom. The van der Waals surface area contributed by atoms with E-state index in [0.29, 0.717) is 6.54 Å². The number of nitrogens with zero attached hydrogens (tertiary/aromatic N) is 2. The van der Waals surface area contributed by atoms with Crippen LogP contribution in [0.25, 0.3) is 0 Å². The predicted molar refractivity (Wildman–Crippen MR) is 70.6 cm³/mol. The molecule has 4 nitrogen and oxygen atoms in total.